The molecule has 0 saturated carbocycles. The number of para-hydroxylation sites is 1. The molecule has 8 nitrogen and oxygen atoms in total. The summed E-state index contributed by atoms with van der Waals surface area (Å²) in [6.07, 6.45) is 5.18. The van der Waals surface area contributed by atoms with Crippen LogP contribution in [-0.4, -0.2) is 69.9 Å². The standard InChI is InChI=1S/C28H28FN5O3S2/c1-18-6-4-10-33-24(18)30-25(32-13-11-31(12-14-32)22-9-3-2-8-21(22)29)20(26(33)35)16-23-27(36)34(28(38)39-23)17-19-7-5-15-37-19/h2-4,6,8-10,16,19H,5,7,11-15,17H2,1H3. The molecule has 1 atom stereocenters. The molecule has 0 spiro atoms. The summed E-state index contributed by atoms with van der Waals surface area (Å²) in [6.45, 7) is 5.26. The largest absolute Gasteiger partial charge is 0.376 e. The van der Waals surface area contributed by atoms with Crippen molar-refractivity contribution in [1.82, 2.24) is 14.3 Å². The highest BCUT2D eigenvalue weighted by Crippen LogP contribution is 2.35. The molecule has 6 rings (SSSR count). The fourth-order valence-electron chi connectivity index (χ4n) is 5.32. The Labute approximate surface area is 235 Å². The summed E-state index contributed by atoms with van der Waals surface area (Å²) < 4.78 is 22.1. The minimum Gasteiger partial charge on any atom is -0.376 e. The van der Waals surface area contributed by atoms with Gasteiger partial charge in [-0.05, 0) is 49.6 Å². The number of anilines is 2. The number of benzene rings is 1. The highest BCUT2D eigenvalue weighted by Gasteiger charge is 2.35. The van der Waals surface area contributed by atoms with Gasteiger partial charge in [-0.2, -0.15) is 0 Å². The second kappa shape index (κ2) is 10.7. The van der Waals surface area contributed by atoms with Gasteiger partial charge in [0, 0.05) is 39.0 Å². The first-order valence-corrected chi connectivity index (χ1v) is 14.3. The summed E-state index contributed by atoms with van der Waals surface area (Å²) in [5.74, 6) is 0.0470. The Morgan fingerprint density at radius 1 is 1.13 bits per heavy atom. The highest BCUT2D eigenvalue weighted by molar-refractivity contribution is 8.26. The molecule has 202 valence electrons. The summed E-state index contributed by atoms with van der Waals surface area (Å²) >= 11 is 6.73. The molecule has 2 aromatic heterocycles. The number of hydrogen-bond acceptors (Lipinski definition) is 8. The van der Waals surface area contributed by atoms with E-state index in [-0.39, 0.29) is 23.4 Å². The number of aromatic nitrogens is 2. The lowest BCUT2D eigenvalue weighted by Gasteiger charge is -2.37. The van der Waals surface area contributed by atoms with Gasteiger partial charge in [0.25, 0.3) is 11.5 Å². The number of nitrogens with zero attached hydrogens (tertiary/aromatic N) is 5. The molecule has 39 heavy (non-hydrogen) atoms. The molecule has 3 saturated heterocycles. The maximum Gasteiger partial charge on any atom is 0.267 e. The van der Waals surface area contributed by atoms with Crippen LogP contribution < -0.4 is 15.4 Å². The van der Waals surface area contributed by atoms with Gasteiger partial charge in [-0.25, -0.2) is 9.37 Å². The van der Waals surface area contributed by atoms with Crippen molar-refractivity contribution in [2.75, 3.05) is 49.1 Å². The predicted octanol–water partition coefficient (Wildman–Crippen LogP) is 3.85. The molecule has 0 N–H and O–H groups in total. The molecule has 0 bridgehead atoms. The number of thiocarbonyl (C=S) groups is 1. The summed E-state index contributed by atoms with van der Waals surface area (Å²) in [6, 6.07) is 10.5. The minimum absolute atomic E-state index is 0.0240. The zero-order chi connectivity index (χ0) is 27.1. The second-order valence-corrected chi connectivity index (χ2v) is 11.6. The molecular formula is C28H28FN5O3S2. The Morgan fingerprint density at radius 2 is 1.90 bits per heavy atom. The number of amides is 1. The van der Waals surface area contributed by atoms with Crippen molar-refractivity contribution < 1.29 is 13.9 Å². The van der Waals surface area contributed by atoms with Gasteiger partial charge >= 0.3 is 0 Å². The van der Waals surface area contributed by atoms with Crippen molar-refractivity contribution in [3.05, 3.63) is 74.8 Å². The zero-order valence-electron chi connectivity index (χ0n) is 21.5. The first kappa shape index (κ1) is 26.0. The van der Waals surface area contributed by atoms with E-state index in [0.29, 0.717) is 71.3 Å². The van der Waals surface area contributed by atoms with Crippen LogP contribution in [0, 0.1) is 12.7 Å². The average molecular weight is 566 g/mol. The Morgan fingerprint density at radius 3 is 2.64 bits per heavy atom. The number of piperazine rings is 1. The van der Waals surface area contributed by atoms with E-state index in [1.54, 1.807) is 29.3 Å². The maximum absolute atomic E-state index is 14.4. The monoisotopic (exact) mass is 565 g/mol. The summed E-state index contributed by atoms with van der Waals surface area (Å²) in [7, 11) is 0. The molecule has 5 heterocycles. The summed E-state index contributed by atoms with van der Waals surface area (Å²) in [4.78, 5) is 38.1. The van der Waals surface area contributed by atoms with Gasteiger partial charge in [0.15, 0.2) is 0 Å². The molecule has 3 aromatic rings. The smallest absolute Gasteiger partial charge is 0.267 e. The average Bonchev–Trinajstić information content (AvgIpc) is 3.55. The van der Waals surface area contributed by atoms with Crippen LogP contribution in [-0.2, 0) is 9.53 Å². The maximum atomic E-state index is 14.4. The molecule has 1 unspecified atom stereocenters. The van der Waals surface area contributed by atoms with E-state index < -0.39 is 0 Å². The number of halogens is 1. The van der Waals surface area contributed by atoms with Gasteiger partial charge in [-0.3, -0.25) is 18.9 Å². The number of carbonyl (C=O) groups excluding carboxylic acids is 1. The lowest BCUT2D eigenvalue weighted by molar-refractivity contribution is -0.123. The van der Waals surface area contributed by atoms with Crippen LogP contribution in [0.25, 0.3) is 11.7 Å². The van der Waals surface area contributed by atoms with E-state index >= 15 is 0 Å². The van der Waals surface area contributed by atoms with Gasteiger partial charge in [-0.15, -0.1) is 0 Å². The number of carbonyl (C=O) groups is 1. The molecule has 1 amide bonds. The highest BCUT2D eigenvalue weighted by atomic mass is 32.2. The van der Waals surface area contributed by atoms with Gasteiger partial charge < -0.3 is 14.5 Å². The number of hydrogen-bond donors (Lipinski definition) is 0. The Bertz CT molecular complexity index is 1540. The minimum atomic E-state index is -0.255. The first-order chi connectivity index (χ1) is 18.9. The SMILES string of the molecule is Cc1cccn2c(=O)c(C=C3SC(=S)N(CC4CCCO4)C3=O)c(N3CCN(c4ccccc4F)CC3)nc12. The van der Waals surface area contributed by atoms with Gasteiger partial charge in [0.05, 0.1) is 28.8 Å². The van der Waals surface area contributed by atoms with Crippen molar-refractivity contribution in [2.24, 2.45) is 0 Å². The third-order valence-corrected chi connectivity index (χ3v) is 8.77. The van der Waals surface area contributed by atoms with E-state index in [9.17, 15) is 14.0 Å². The van der Waals surface area contributed by atoms with Crippen LogP contribution in [0.4, 0.5) is 15.9 Å². The predicted molar refractivity (Wildman–Crippen MR) is 156 cm³/mol. The van der Waals surface area contributed by atoms with Crippen LogP contribution in [0.5, 0.6) is 0 Å². The Balaban J connectivity index is 1.35. The number of fused-ring (bicyclic) bond motifs is 1. The topological polar surface area (TPSA) is 70.4 Å². The van der Waals surface area contributed by atoms with E-state index in [4.69, 9.17) is 21.9 Å². The molecule has 1 aromatic carbocycles. The molecule has 3 aliphatic heterocycles. The van der Waals surface area contributed by atoms with Crippen LogP contribution in [0.1, 0.15) is 24.0 Å². The molecule has 0 aliphatic carbocycles. The van der Waals surface area contributed by atoms with Crippen LogP contribution >= 0.6 is 24.0 Å². The molecular weight excluding hydrogens is 537 g/mol. The van der Waals surface area contributed by atoms with E-state index in [0.717, 1.165) is 18.4 Å². The lowest BCUT2D eigenvalue weighted by Crippen LogP contribution is -2.47. The van der Waals surface area contributed by atoms with E-state index in [1.165, 1.54) is 22.2 Å². The van der Waals surface area contributed by atoms with Gasteiger partial charge in [0.1, 0.15) is 21.6 Å². The summed E-state index contributed by atoms with van der Waals surface area (Å²) in [5, 5.41) is 0. The third kappa shape index (κ3) is 4.94. The number of pyridine rings is 1. The summed E-state index contributed by atoms with van der Waals surface area (Å²) in [5.41, 5.74) is 2.09. The Kier molecular flexibility index (Phi) is 7.13. The van der Waals surface area contributed by atoms with Crippen molar-refractivity contribution in [1.29, 1.82) is 0 Å². The molecule has 3 aliphatic rings. The van der Waals surface area contributed by atoms with Crippen LogP contribution in [0.15, 0.2) is 52.3 Å². The second-order valence-electron chi connectivity index (χ2n) is 9.89. The van der Waals surface area contributed by atoms with Crippen molar-refractivity contribution in [3.63, 3.8) is 0 Å². The number of thioether (sulfide) groups is 1. The Hall–Kier alpha value is -3.28. The van der Waals surface area contributed by atoms with Gasteiger partial charge in [-0.1, -0.05) is 42.2 Å². The van der Waals surface area contributed by atoms with Crippen molar-refractivity contribution in [3.8, 4) is 0 Å². The lowest BCUT2D eigenvalue weighted by atomic mass is 10.2. The molecule has 3 fully saturated rings. The number of rotatable bonds is 5. The van der Waals surface area contributed by atoms with Crippen LogP contribution in [0.2, 0.25) is 0 Å². The molecule has 0 radical (unpaired) electrons. The molecule has 11 heteroatoms. The van der Waals surface area contributed by atoms with Gasteiger partial charge in [0.2, 0.25) is 0 Å². The zero-order valence-corrected chi connectivity index (χ0v) is 23.1. The quantitative estimate of drug-likeness (QED) is 0.342. The first-order valence-electron chi connectivity index (χ1n) is 13.0. The van der Waals surface area contributed by atoms with E-state index in [2.05, 4.69) is 0 Å². The van der Waals surface area contributed by atoms with Crippen molar-refractivity contribution in [2.45, 2.75) is 25.9 Å². The van der Waals surface area contributed by atoms with Crippen LogP contribution in [0.3, 0.4) is 0 Å². The third-order valence-electron chi connectivity index (χ3n) is 7.40. The number of aryl methyl sites for hydroxylation is 1. The fraction of sp³-hybridized carbons (Fsp3) is 0.357. The van der Waals surface area contributed by atoms with Crippen molar-refractivity contribution >= 4 is 57.4 Å². The van der Waals surface area contributed by atoms with E-state index in [1.807, 2.05) is 34.9 Å². The fourth-order valence-corrected chi connectivity index (χ4v) is 6.57. The number of ether oxygens (including phenoxy) is 1. The normalized spacial score (nSPS) is 21.1.